The lowest BCUT2D eigenvalue weighted by atomic mass is 9.77. The van der Waals surface area contributed by atoms with Crippen molar-refractivity contribution in [2.45, 2.75) is 62.8 Å². The van der Waals surface area contributed by atoms with Crippen molar-refractivity contribution in [3.05, 3.63) is 0 Å². The first-order chi connectivity index (χ1) is 5.94. The molecule has 0 amide bonds. The molecule has 0 aromatic carbocycles. The molecule has 1 saturated carbocycles. The number of hydrogen-bond acceptors (Lipinski definition) is 3. The van der Waals surface area contributed by atoms with Crippen LogP contribution < -0.4 is 5.32 Å². The van der Waals surface area contributed by atoms with E-state index in [1.807, 2.05) is 13.8 Å². The summed E-state index contributed by atoms with van der Waals surface area (Å²) in [5.41, 5.74) is -1.20. The third-order valence-corrected chi connectivity index (χ3v) is 3.62. The number of hydrogen-bond donors (Lipinski definition) is 3. The third-order valence-electron chi connectivity index (χ3n) is 3.62. The molecule has 1 aliphatic carbocycles. The van der Waals surface area contributed by atoms with Gasteiger partial charge in [-0.15, -0.1) is 0 Å². The Morgan fingerprint density at radius 1 is 1.23 bits per heavy atom. The third kappa shape index (κ3) is 1.39. The van der Waals surface area contributed by atoms with Gasteiger partial charge in [0.15, 0.2) is 0 Å². The molecule has 3 fully saturated rings. The van der Waals surface area contributed by atoms with E-state index in [0.717, 1.165) is 25.7 Å². The molecule has 2 saturated heterocycles. The minimum Gasteiger partial charge on any atom is -0.388 e. The van der Waals surface area contributed by atoms with Crippen molar-refractivity contribution < 1.29 is 10.2 Å². The van der Waals surface area contributed by atoms with Crippen LogP contribution in [0.4, 0.5) is 0 Å². The standard InChI is InChI=1S/C10H19NO2/c1-9(2)8(12)10(13)5-3-7(11-9)4-6-10/h7-8,11-13H,3-6H2,1-2H3. The lowest BCUT2D eigenvalue weighted by Crippen LogP contribution is -2.57. The van der Waals surface area contributed by atoms with Gasteiger partial charge >= 0.3 is 0 Å². The van der Waals surface area contributed by atoms with Crippen LogP contribution in [0, 0.1) is 0 Å². The second-order valence-corrected chi connectivity index (χ2v) is 5.15. The molecule has 13 heavy (non-hydrogen) atoms. The fraction of sp³-hybridized carbons (Fsp3) is 1.00. The van der Waals surface area contributed by atoms with E-state index in [-0.39, 0.29) is 5.54 Å². The Bertz CT molecular complexity index is 207. The van der Waals surface area contributed by atoms with E-state index >= 15 is 0 Å². The predicted molar refractivity (Wildman–Crippen MR) is 50.4 cm³/mol. The zero-order valence-corrected chi connectivity index (χ0v) is 8.38. The van der Waals surface area contributed by atoms with Crippen molar-refractivity contribution in [2.24, 2.45) is 0 Å². The largest absolute Gasteiger partial charge is 0.388 e. The maximum atomic E-state index is 10.2. The minimum atomic E-state index is -0.844. The van der Waals surface area contributed by atoms with Gasteiger partial charge in [-0.05, 0) is 39.5 Å². The normalized spacial score (nSPS) is 48.9. The topological polar surface area (TPSA) is 52.5 Å². The van der Waals surface area contributed by atoms with Crippen LogP contribution in [0.15, 0.2) is 0 Å². The van der Waals surface area contributed by atoms with Gasteiger partial charge < -0.3 is 15.5 Å². The van der Waals surface area contributed by atoms with Gasteiger partial charge in [-0.1, -0.05) is 0 Å². The van der Waals surface area contributed by atoms with E-state index in [0.29, 0.717) is 6.04 Å². The molecule has 0 spiro atoms. The monoisotopic (exact) mass is 185 g/mol. The highest BCUT2D eigenvalue weighted by Gasteiger charge is 2.50. The molecule has 0 aromatic heterocycles. The lowest BCUT2D eigenvalue weighted by molar-refractivity contribution is -0.109. The van der Waals surface area contributed by atoms with Crippen LogP contribution in [0.2, 0.25) is 0 Å². The van der Waals surface area contributed by atoms with Gasteiger partial charge in [0.2, 0.25) is 0 Å². The average Bonchev–Trinajstić information content (AvgIpc) is 2.19. The van der Waals surface area contributed by atoms with Crippen LogP contribution in [0.5, 0.6) is 0 Å². The van der Waals surface area contributed by atoms with Gasteiger partial charge in [0.1, 0.15) is 6.10 Å². The summed E-state index contributed by atoms with van der Waals surface area (Å²) < 4.78 is 0. The van der Waals surface area contributed by atoms with Gasteiger partial charge in [-0.3, -0.25) is 0 Å². The second kappa shape index (κ2) is 2.69. The molecule has 3 aliphatic rings. The van der Waals surface area contributed by atoms with Crippen molar-refractivity contribution in [2.75, 3.05) is 0 Å². The highest BCUT2D eigenvalue weighted by atomic mass is 16.3. The van der Waals surface area contributed by atoms with Crippen molar-refractivity contribution in [1.82, 2.24) is 5.32 Å². The molecule has 3 N–H and O–H groups in total. The molecule has 3 heteroatoms. The predicted octanol–water partition coefficient (Wildman–Crippen LogP) is 0.403. The molecule has 0 aromatic rings. The maximum Gasteiger partial charge on any atom is 0.100 e. The fourth-order valence-electron chi connectivity index (χ4n) is 2.81. The Balaban J connectivity index is 2.31. The maximum absolute atomic E-state index is 10.2. The van der Waals surface area contributed by atoms with E-state index in [9.17, 15) is 10.2 Å². The van der Waals surface area contributed by atoms with Crippen LogP contribution in [-0.2, 0) is 0 Å². The minimum absolute atomic E-state index is 0.355. The quantitative estimate of drug-likeness (QED) is 0.512. The van der Waals surface area contributed by atoms with Gasteiger partial charge in [-0.2, -0.15) is 0 Å². The van der Waals surface area contributed by atoms with Crippen LogP contribution in [-0.4, -0.2) is 33.5 Å². The first kappa shape index (κ1) is 9.44. The number of rotatable bonds is 0. The van der Waals surface area contributed by atoms with Crippen LogP contribution >= 0.6 is 0 Å². The van der Waals surface area contributed by atoms with E-state index in [2.05, 4.69) is 5.32 Å². The smallest absolute Gasteiger partial charge is 0.100 e. The second-order valence-electron chi connectivity index (χ2n) is 5.15. The van der Waals surface area contributed by atoms with Gasteiger partial charge in [0.25, 0.3) is 0 Å². The zero-order valence-electron chi connectivity index (χ0n) is 8.38. The molecular formula is C10H19NO2. The first-order valence-electron chi connectivity index (χ1n) is 5.12. The summed E-state index contributed by atoms with van der Waals surface area (Å²) in [7, 11) is 0. The Hall–Kier alpha value is -0.120. The number of aliphatic hydroxyl groups excluding tert-OH is 1. The molecule has 2 heterocycles. The van der Waals surface area contributed by atoms with Crippen molar-refractivity contribution >= 4 is 0 Å². The molecule has 76 valence electrons. The molecule has 1 atom stereocenters. The highest BCUT2D eigenvalue weighted by Crippen LogP contribution is 2.39. The Labute approximate surface area is 79.2 Å². The molecule has 3 nitrogen and oxygen atoms in total. The van der Waals surface area contributed by atoms with Crippen molar-refractivity contribution in [1.29, 1.82) is 0 Å². The number of aliphatic hydroxyl groups is 2. The summed E-state index contributed by atoms with van der Waals surface area (Å²) in [6.07, 6.45) is 2.78. The zero-order chi connectivity index (χ0) is 9.69. The summed E-state index contributed by atoms with van der Waals surface area (Å²) in [5, 5.41) is 23.7. The van der Waals surface area contributed by atoms with E-state index in [1.54, 1.807) is 0 Å². The molecule has 3 rings (SSSR count). The first-order valence-corrected chi connectivity index (χ1v) is 5.12. The van der Waals surface area contributed by atoms with Gasteiger partial charge in [-0.25, -0.2) is 0 Å². The SMILES string of the molecule is CC1(C)NC2CCC(O)(CC2)C1O. The molecule has 0 radical (unpaired) electrons. The van der Waals surface area contributed by atoms with Crippen LogP contribution in [0.1, 0.15) is 39.5 Å². The Morgan fingerprint density at radius 2 is 1.77 bits per heavy atom. The Morgan fingerprint density at radius 3 is 2.31 bits per heavy atom. The van der Waals surface area contributed by atoms with Crippen LogP contribution in [0.3, 0.4) is 0 Å². The van der Waals surface area contributed by atoms with Crippen molar-refractivity contribution in [3.8, 4) is 0 Å². The molecule has 2 aliphatic heterocycles. The van der Waals surface area contributed by atoms with E-state index in [4.69, 9.17) is 0 Å². The summed E-state index contributed by atoms with van der Waals surface area (Å²) >= 11 is 0. The summed E-state index contributed by atoms with van der Waals surface area (Å²) in [4.78, 5) is 0. The lowest BCUT2D eigenvalue weighted by Gasteiger charge is -2.38. The number of fused-ring (bicyclic) bond motifs is 4. The van der Waals surface area contributed by atoms with E-state index in [1.165, 1.54) is 0 Å². The highest BCUT2D eigenvalue weighted by molar-refractivity contribution is 5.07. The molecule has 2 bridgehead atoms. The summed E-state index contributed by atoms with van der Waals surface area (Å²) in [6.45, 7) is 3.93. The van der Waals surface area contributed by atoms with Gasteiger partial charge in [0, 0.05) is 11.6 Å². The molecule has 1 unspecified atom stereocenters. The average molecular weight is 185 g/mol. The van der Waals surface area contributed by atoms with Crippen LogP contribution in [0.25, 0.3) is 0 Å². The fourth-order valence-corrected chi connectivity index (χ4v) is 2.81. The Kier molecular flexibility index (Phi) is 1.95. The van der Waals surface area contributed by atoms with Gasteiger partial charge in [0.05, 0.1) is 5.60 Å². The summed E-state index contributed by atoms with van der Waals surface area (Å²) in [5.74, 6) is 0. The van der Waals surface area contributed by atoms with E-state index < -0.39 is 11.7 Å². The molecular weight excluding hydrogens is 166 g/mol. The summed E-state index contributed by atoms with van der Waals surface area (Å²) in [6, 6.07) is 0.479. The van der Waals surface area contributed by atoms with Crippen molar-refractivity contribution in [3.63, 3.8) is 0 Å². The number of nitrogens with one attached hydrogen (secondary N) is 1.